The summed E-state index contributed by atoms with van der Waals surface area (Å²) in [4.78, 5) is 22.4. The Hall–Kier alpha value is -1.55. The van der Waals surface area contributed by atoms with Gasteiger partial charge < -0.3 is 9.84 Å². The summed E-state index contributed by atoms with van der Waals surface area (Å²) in [7, 11) is 1.42. The highest BCUT2D eigenvalue weighted by molar-refractivity contribution is 6.19. The predicted molar refractivity (Wildman–Crippen MR) is 59.6 cm³/mol. The van der Waals surface area contributed by atoms with Crippen LogP contribution in [0.25, 0.3) is 0 Å². The van der Waals surface area contributed by atoms with Gasteiger partial charge in [0.15, 0.2) is 5.78 Å². The zero-order chi connectivity index (χ0) is 12.1. The van der Waals surface area contributed by atoms with E-state index in [-0.39, 0.29) is 29.2 Å². The average molecular weight is 243 g/mol. The SMILES string of the molecule is COc1ccc(C(=O)O)cc1C(=O)CCCl. The Morgan fingerprint density at radius 1 is 1.44 bits per heavy atom. The lowest BCUT2D eigenvalue weighted by atomic mass is 10.0. The second-order valence-electron chi connectivity index (χ2n) is 3.08. The van der Waals surface area contributed by atoms with Crippen LogP contribution in [0.1, 0.15) is 27.1 Å². The van der Waals surface area contributed by atoms with E-state index in [4.69, 9.17) is 21.4 Å². The number of carboxylic acids is 1. The van der Waals surface area contributed by atoms with Gasteiger partial charge in [-0.3, -0.25) is 4.79 Å². The van der Waals surface area contributed by atoms with Crippen LogP contribution in [0.15, 0.2) is 18.2 Å². The van der Waals surface area contributed by atoms with Gasteiger partial charge in [-0.25, -0.2) is 4.79 Å². The standard InChI is InChI=1S/C11H11ClO4/c1-16-10-3-2-7(11(14)15)6-8(10)9(13)4-5-12/h2-3,6H,4-5H2,1H3,(H,14,15). The van der Waals surface area contributed by atoms with Crippen LogP contribution < -0.4 is 4.74 Å². The number of carboxylic acid groups (broad SMARTS) is 1. The number of ketones is 1. The number of benzene rings is 1. The molecule has 1 rings (SSSR count). The second-order valence-corrected chi connectivity index (χ2v) is 3.46. The largest absolute Gasteiger partial charge is 0.496 e. The minimum Gasteiger partial charge on any atom is -0.496 e. The average Bonchev–Trinajstić information content (AvgIpc) is 2.28. The number of hydrogen-bond donors (Lipinski definition) is 1. The molecule has 0 saturated carbocycles. The van der Waals surface area contributed by atoms with E-state index in [0.29, 0.717) is 5.75 Å². The van der Waals surface area contributed by atoms with E-state index in [2.05, 4.69) is 0 Å². The summed E-state index contributed by atoms with van der Waals surface area (Å²) in [5, 5.41) is 8.81. The van der Waals surface area contributed by atoms with Gasteiger partial charge in [-0.05, 0) is 18.2 Å². The molecule has 0 unspecified atom stereocenters. The van der Waals surface area contributed by atoms with Crippen LogP contribution in [0.4, 0.5) is 0 Å². The molecular weight excluding hydrogens is 232 g/mol. The Balaban J connectivity index is 3.16. The van der Waals surface area contributed by atoms with E-state index in [1.165, 1.54) is 25.3 Å². The number of aromatic carboxylic acids is 1. The molecule has 0 aliphatic rings. The fraction of sp³-hybridized carbons (Fsp3) is 0.273. The zero-order valence-corrected chi connectivity index (χ0v) is 9.45. The molecule has 5 heteroatoms. The maximum Gasteiger partial charge on any atom is 0.335 e. The van der Waals surface area contributed by atoms with Crippen LogP contribution in [0, 0.1) is 0 Å². The third-order valence-corrected chi connectivity index (χ3v) is 2.26. The Bertz CT molecular complexity index is 414. The van der Waals surface area contributed by atoms with E-state index in [9.17, 15) is 9.59 Å². The molecule has 1 aromatic rings. The second kappa shape index (κ2) is 5.51. The van der Waals surface area contributed by atoms with E-state index in [1.54, 1.807) is 0 Å². The lowest BCUT2D eigenvalue weighted by molar-refractivity contribution is 0.0697. The summed E-state index contributed by atoms with van der Waals surface area (Å²) >= 11 is 5.47. The van der Waals surface area contributed by atoms with Crippen molar-refractivity contribution in [1.82, 2.24) is 0 Å². The first-order chi connectivity index (χ1) is 7.60. The summed E-state index contributed by atoms with van der Waals surface area (Å²) in [6, 6.07) is 4.15. The van der Waals surface area contributed by atoms with Gasteiger partial charge in [0.25, 0.3) is 0 Å². The quantitative estimate of drug-likeness (QED) is 0.635. The van der Waals surface area contributed by atoms with E-state index < -0.39 is 5.97 Å². The molecule has 0 aliphatic carbocycles. The van der Waals surface area contributed by atoms with Gasteiger partial charge in [0, 0.05) is 12.3 Å². The van der Waals surface area contributed by atoms with Crippen LogP contribution in [0.2, 0.25) is 0 Å². The van der Waals surface area contributed by atoms with E-state index in [1.807, 2.05) is 0 Å². The van der Waals surface area contributed by atoms with Crippen molar-refractivity contribution in [3.8, 4) is 5.75 Å². The number of Topliss-reactive ketones (excluding diaryl/α,β-unsaturated/α-hetero) is 1. The smallest absolute Gasteiger partial charge is 0.335 e. The number of carbonyl (C=O) groups excluding carboxylic acids is 1. The van der Waals surface area contributed by atoms with Crippen LogP contribution in [-0.2, 0) is 0 Å². The molecule has 4 nitrogen and oxygen atoms in total. The number of carbonyl (C=O) groups is 2. The predicted octanol–water partition coefficient (Wildman–Crippen LogP) is 2.21. The Kier molecular flexibility index (Phi) is 4.31. The Labute approximate surface area is 97.8 Å². The normalized spacial score (nSPS) is 9.88. The molecule has 0 saturated heterocycles. The molecule has 0 heterocycles. The minimum absolute atomic E-state index is 0.0544. The maximum atomic E-state index is 11.6. The fourth-order valence-corrected chi connectivity index (χ4v) is 1.45. The van der Waals surface area contributed by atoms with Gasteiger partial charge in [-0.2, -0.15) is 0 Å². The monoisotopic (exact) mass is 242 g/mol. The molecule has 1 N–H and O–H groups in total. The van der Waals surface area contributed by atoms with Crippen molar-refractivity contribution in [2.45, 2.75) is 6.42 Å². The lowest BCUT2D eigenvalue weighted by Crippen LogP contribution is -2.06. The fourth-order valence-electron chi connectivity index (χ4n) is 1.28. The minimum atomic E-state index is -1.08. The first-order valence-corrected chi connectivity index (χ1v) is 5.14. The number of rotatable bonds is 5. The molecule has 0 spiro atoms. The van der Waals surface area contributed by atoms with Gasteiger partial charge >= 0.3 is 5.97 Å². The Morgan fingerprint density at radius 3 is 2.62 bits per heavy atom. The number of methoxy groups -OCH3 is 1. The van der Waals surface area contributed by atoms with Gasteiger partial charge in [-0.1, -0.05) is 0 Å². The summed E-state index contributed by atoms with van der Waals surface area (Å²) in [5.74, 6) is -0.753. The third-order valence-electron chi connectivity index (χ3n) is 2.07. The van der Waals surface area contributed by atoms with Gasteiger partial charge in [0.1, 0.15) is 5.75 Å². The third kappa shape index (κ3) is 2.73. The van der Waals surface area contributed by atoms with Crippen molar-refractivity contribution in [2.75, 3.05) is 13.0 Å². The summed E-state index contributed by atoms with van der Waals surface area (Å²) in [6.45, 7) is 0. The molecule has 0 fully saturated rings. The van der Waals surface area contributed by atoms with Crippen LogP contribution >= 0.6 is 11.6 Å². The highest BCUT2D eigenvalue weighted by Gasteiger charge is 2.14. The van der Waals surface area contributed by atoms with Gasteiger partial charge in [-0.15, -0.1) is 11.6 Å². The van der Waals surface area contributed by atoms with Crippen molar-refractivity contribution in [3.63, 3.8) is 0 Å². The summed E-state index contributed by atoms with van der Waals surface area (Å²) in [5.41, 5.74) is 0.307. The van der Waals surface area contributed by atoms with Gasteiger partial charge in [0.05, 0.1) is 18.2 Å². The molecule has 16 heavy (non-hydrogen) atoms. The summed E-state index contributed by atoms with van der Waals surface area (Å²) in [6.07, 6.45) is 0.154. The number of ether oxygens (including phenoxy) is 1. The lowest BCUT2D eigenvalue weighted by Gasteiger charge is -2.07. The first-order valence-electron chi connectivity index (χ1n) is 4.60. The van der Waals surface area contributed by atoms with Crippen molar-refractivity contribution < 1.29 is 19.4 Å². The molecule has 0 radical (unpaired) electrons. The molecule has 0 aliphatic heterocycles. The van der Waals surface area contributed by atoms with E-state index in [0.717, 1.165) is 0 Å². The molecule has 86 valence electrons. The first kappa shape index (κ1) is 12.5. The molecule has 0 atom stereocenters. The maximum absolute atomic E-state index is 11.6. The topological polar surface area (TPSA) is 63.6 Å². The summed E-state index contributed by atoms with van der Waals surface area (Å²) < 4.78 is 4.99. The zero-order valence-electron chi connectivity index (χ0n) is 8.70. The molecule has 1 aromatic carbocycles. The van der Waals surface area contributed by atoms with Crippen molar-refractivity contribution >= 4 is 23.4 Å². The Morgan fingerprint density at radius 2 is 2.12 bits per heavy atom. The molecule has 0 bridgehead atoms. The number of hydrogen-bond acceptors (Lipinski definition) is 3. The highest BCUT2D eigenvalue weighted by atomic mass is 35.5. The molecule has 0 aromatic heterocycles. The van der Waals surface area contributed by atoms with Crippen LogP contribution in [0.5, 0.6) is 5.75 Å². The number of halogens is 1. The van der Waals surface area contributed by atoms with Crippen molar-refractivity contribution in [3.05, 3.63) is 29.3 Å². The molecular formula is C11H11ClO4. The van der Waals surface area contributed by atoms with Crippen LogP contribution in [0.3, 0.4) is 0 Å². The molecule has 0 amide bonds. The van der Waals surface area contributed by atoms with Crippen LogP contribution in [-0.4, -0.2) is 29.8 Å². The van der Waals surface area contributed by atoms with Gasteiger partial charge in [0.2, 0.25) is 0 Å². The van der Waals surface area contributed by atoms with E-state index >= 15 is 0 Å². The highest BCUT2D eigenvalue weighted by Crippen LogP contribution is 2.21. The van der Waals surface area contributed by atoms with Crippen molar-refractivity contribution in [2.24, 2.45) is 0 Å². The van der Waals surface area contributed by atoms with Crippen molar-refractivity contribution in [1.29, 1.82) is 0 Å². The number of alkyl halides is 1.